The lowest BCUT2D eigenvalue weighted by molar-refractivity contribution is 0.495. The van der Waals surface area contributed by atoms with Gasteiger partial charge in [-0.1, -0.05) is 48.2 Å². The van der Waals surface area contributed by atoms with Gasteiger partial charge in [0, 0.05) is 11.6 Å². The molecule has 0 saturated carbocycles. The van der Waals surface area contributed by atoms with E-state index in [1.165, 1.54) is 36.4 Å². The van der Waals surface area contributed by atoms with E-state index < -0.39 is 20.0 Å². The molecule has 27 heavy (non-hydrogen) atoms. The lowest BCUT2D eigenvalue weighted by Gasteiger charge is -2.22. The summed E-state index contributed by atoms with van der Waals surface area (Å²) >= 11 is 5.81. The molecule has 0 heterocycles. The van der Waals surface area contributed by atoms with Crippen molar-refractivity contribution in [2.45, 2.75) is 49.3 Å². The molecule has 0 aliphatic heterocycles. The molecular formula is C19H24ClNO4S2. The first kappa shape index (κ1) is 21.9. The molecule has 0 bridgehead atoms. The van der Waals surface area contributed by atoms with Gasteiger partial charge in [0.15, 0.2) is 0 Å². The molecule has 0 amide bonds. The lowest BCUT2D eigenvalue weighted by Crippen LogP contribution is -2.37. The van der Waals surface area contributed by atoms with Crippen LogP contribution in [-0.2, 0) is 20.0 Å². The van der Waals surface area contributed by atoms with Gasteiger partial charge in [0.2, 0.25) is 0 Å². The summed E-state index contributed by atoms with van der Waals surface area (Å²) in [4.78, 5) is -0.152. The molecule has 1 atom stereocenters. The van der Waals surface area contributed by atoms with Crippen LogP contribution in [0, 0.1) is 0 Å². The van der Waals surface area contributed by atoms with Crippen molar-refractivity contribution in [3.05, 3.63) is 59.1 Å². The van der Waals surface area contributed by atoms with Crippen molar-refractivity contribution in [2.75, 3.05) is 6.54 Å². The fraction of sp³-hybridized carbons (Fsp3) is 0.368. The van der Waals surface area contributed by atoms with Crippen LogP contribution in [0.3, 0.4) is 0 Å². The highest BCUT2D eigenvalue weighted by Gasteiger charge is 2.35. The molecule has 2 aromatic carbocycles. The van der Waals surface area contributed by atoms with Crippen LogP contribution in [0.2, 0.25) is 5.02 Å². The average Bonchev–Trinajstić information content (AvgIpc) is 2.65. The van der Waals surface area contributed by atoms with Crippen molar-refractivity contribution in [1.29, 1.82) is 0 Å². The Morgan fingerprint density at radius 3 is 1.70 bits per heavy atom. The van der Waals surface area contributed by atoms with E-state index in [1.54, 1.807) is 19.1 Å². The highest BCUT2D eigenvalue weighted by Crippen LogP contribution is 2.27. The van der Waals surface area contributed by atoms with Crippen molar-refractivity contribution in [3.63, 3.8) is 0 Å². The van der Waals surface area contributed by atoms with Crippen LogP contribution in [-0.4, -0.2) is 27.1 Å². The molecule has 0 unspecified atom stereocenters. The maximum Gasteiger partial charge on any atom is 0.256 e. The second-order valence-corrected chi connectivity index (χ2v) is 10.7. The highest BCUT2D eigenvalue weighted by atomic mass is 35.5. The molecular weight excluding hydrogens is 406 g/mol. The third-order valence-corrected chi connectivity index (χ3v) is 9.02. The number of rotatable bonds is 8. The number of benzene rings is 2. The fourth-order valence-corrected chi connectivity index (χ4v) is 6.55. The summed E-state index contributed by atoms with van der Waals surface area (Å²) < 4.78 is 52.7. The summed E-state index contributed by atoms with van der Waals surface area (Å²) in [5.41, 5.74) is 1.01. The van der Waals surface area contributed by atoms with Crippen LogP contribution in [0.25, 0.3) is 0 Å². The van der Waals surface area contributed by atoms with E-state index in [0.717, 1.165) is 12.0 Å². The van der Waals surface area contributed by atoms with Gasteiger partial charge in [-0.3, -0.25) is 0 Å². The Kier molecular flexibility index (Phi) is 7.08. The first-order valence-electron chi connectivity index (χ1n) is 8.78. The second-order valence-electron chi connectivity index (χ2n) is 6.34. The Bertz CT molecular complexity index is 969. The van der Waals surface area contributed by atoms with Crippen molar-refractivity contribution in [1.82, 2.24) is 3.71 Å². The number of nitrogens with zero attached hydrogens (tertiary/aromatic N) is 1. The van der Waals surface area contributed by atoms with Crippen molar-refractivity contribution in [2.24, 2.45) is 0 Å². The summed E-state index contributed by atoms with van der Waals surface area (Å²) in [7, 11) is -8.45. The highest BCUT2D eigenvalue weighted by molar-refractivity contribution is 8.04. The summed E-state index contributed by atoms with van der Waals surface area (Å²) in [5, 5.41) is 0.375. The van der Waals surface area contributed by atoms with Gasteiger partial charge in [-0.15, -0.1) is 0 Å². The van der Waals surface area contributed by atoms with E-state index in [-0.39, 0.29) is 16.3 Å². The Hall–Kier alpha value is -1.41. The zero-order valence-corrected chi connectivity index (χ0v) is 18.0. The maximum absolute atomic E-state index is 13.1. The van der Waals surface area contributed by atoms with Gasteiger partial charge in [0.05, 0.1) is 9.79 Å². The Morgan fingerprint density at radius 2 is 1.30 bits per heavy atom. The SMILES string of the molecule is CCCN(S(=O)(=O)c1ccc(Cl)cc1)S(=O)(=O)c1ccc([C@H](C)CC)cc1. The molecule has 2 rings (SSSR count). The molecule has 0 aliphatic carbocycles. The topological polar surface area (TPSA) is 71.5 Å². The van der Waals surface area contributed by atoms with Gasteiger partial charge < -0.3 is 0 Å². The van der Waals surface area contributed by atoms with Crippen LogP contribution >= 0.6 is 11.6 Å². The van der Waals surface area contributed by atoms with E-state index in [2.05, 4.69) is 13.8 Å². The fourth-order valence-electron chi connectivity index (χ4n) is 2.60. The minimum atomic E-state index is -4.23. The molecule has 148 valence electrons. The molecule has 2 aromatic rings. The van der Waals surface area contributed by atoms with Gasteiger partial charge >= 0.3 is 0 Å². The number of sulfonamides is 2. The lowest BCUT2D eigenvalue weighted by atomic mass is 9.99. The minimum Gasteiger partial charge on any atom is -0.206 e. The Labute approximate surface area is 167 Å². The summed E-state index contributed by atoms with van der Waals surface area (Å²) in [6.45, 7) is 5.70. The predicted molar refractivity (Wildman–Crippen MR) is 108 cm³/mol. The van der Waals surface area contributed by atoms with Gasteiger partial charge in [-0.25, -0.2) is 16.8 Å². The summed E-state index contributed by atoms with van der Waals surface area (Å²) in [6, 6.07) is 11.9. The first-order chi connectivity index (χ1) is 12.6. The number of hydrogen-bond acceptors (Lipinski definition) is 4. The molecule has 8 heteroatoms. The first-order valence-corrected chi connectivity index (χ1v) is 12.0. The Morgan fingerprint density at radius 1 is 0.852 bits per heavy atom. The largest absolute Gasteiger partial charge is 0.256 e. The zero-order valence-electron chi connectivity index (χ0n) is 15.6. The van der Waals surface area contributed by atoms with E-state index in [0.29, 0.717) is 21.1 Å². The molecule has 0 saturated heterocycles. The molecule has 5 nitrogen and oxygen atoms in total. The molecule has 0 aliphatic rings. The van der Waals surface area contributed by atoms with Crippen molar-refractivity contribution < 1.29 is 16.8 Å². The summed E-state index contributed by atoms with van der Waals surface area (Å²) in [6.07, 6.45) is 1.29. The van der Waals surface area contributed by atoms with Gasteiger partial charge in [0.25, 0.3) is 20.0 Å². The van der Waals surface area contributed by atoms with Crippen molar-refractivity contribution >= 4 is 31.6 Å². The maximum atomic E-state index is 13.1. The van der Waals surface area contributed by atoms with Crippen LogP contribution in [0.4, 0.5) is 0 Å². The summed E-state index contributed by atoms with van der Waals surface area (Å²) in [5.74, 6) is 0.297. The standard InChI is InChI=1S/C19H24ClNO4S2/c1-4-14-21(27(24,25)19-12-8-17(20)9-13-19)26(22,23)18-10-6-16(7-11-18)15(3)5-2/h6-13,15H,4-5,14H2,1-3H3/t15-/m1/s1. The van der Waals surface area contributed by atoms with E-state index in [9.17, 15) is 16.8 Å². The quantitative estimate of drug-likeness (QED) is 0.612. The Balaban J connectivity index is 2.49. The normalized spacial score (nSPS) is 13.7. The van der Waals surface area contributed by atoms with Crippen LogP contribution in [0.15, 0.2) is 58.3 Å². The zero-order chi connectivity index (χ0) is 20.2. The average molecular weight is 430 g/mol. The van der Waals surface area contributed by atoms with Gasteiger partial charge in [-0.2, -0.15) is 0 Å². The van der Waals surface area contributed by atoms with E-state index in [1.807, 2.05) is 0 Å². The number of hydrogen-bond donors (Lipinski definition) is 0. The van der Waals surface area contributed by atoms with Crippen LogP contribution < -0.4 is 0 Å². The molecule has 0 fully saturated rings. The molecule has 0 spiro atoms. The number of halogens is 1. The predicted octanol–water partition coefficient (Wildman–Crippen LogP) is 4.64. The molecule has 0 aromatic heterocycles. The second kappa shape index (κ2) is 8.73. The van der Waals surface area contributed by atoms with E-state index in [4.69, 9.17) is 11.6 Å². The third-order valence-electron chi connectivity index (χ3n) is 4.41. The van der Waals surface area contributed by atoms with E-state index >= 15 is 0 Å². The van der Waals surface area contributed by atoms with Gasteiger partial charge in [-0.05, 0) is 60.7 Å². The minimum absolute atomic E-state index is 0.0412. The third kappa shape index (κ3) is 4.71. The molecule has 0 radical (unpaired) electrons. The molecule has 0 N–H and O–H groups in total. The monoisotopic (exact) mass is 429 g/mol. The van der Waals surface area contributed by atoms with Gasteiger partial charge in [0.1, 0.15) is 0 Å². The van der Waals surface area contributed by atoms with Crippen LogP contribution in [0.5, 0.6) is 0 Å². The van der Waals surface area contributed by atoms with Crippen molar-refractivity contribution in [3.8, 4) is 0 Å². The smallest absolute Gasteiger partial charge is 0.206 e. The van der Waals surface area contributed by atoms with Crippen LogP contribution in [0.1, 0.15) is 45.1 Å².